The van der Waals surface area contributed by atoms with Crippen LogP contribution in [0.1, 0.15) is 25.7 Å². The lowest BCUT2D eigenvalue weighted by molar-refractivity contribution is -0.140. The number of amides is 3. The van der Waals surface area contributed by atoms with E-state index in [4.69, 9.17) is 10.8 Å². The summed E-state index contributed by atoms with van der Waals surface area (Å²) in [5.74, 6) is -3.96. The molecule has 0 fully saturated rings. The summed E-state index contributed by atoms with van der Waals surface area (Å²) in [6, 6.07) is 0. The number of carboxylic acids is 3. The Morgan fingerprint density at radius 3 is 1.43 bits per heavy atom. The van der Waals surface area contributed by atoms with Crippen LogP contribution in [0.3, 0.4) is 0 Å². The minimum atomic E-state index is -1.18. The van der Waals surface area contributed by atoms with Gasteiger partial charge in [-0.1, -0.05) is 6.42 Å². The summed E-state index contributed by atoms with van der Waals surface area (Å²) >= 11 is 4.17. The number of carbonyl (C=O) groups is 8. The summed E-state index contributed by atoms with van der Waals surface area (Å²) in [5.41, 5.74) is 5.55. The highest BCUT2D eigenvalue weighted by Crippen LogP contribution is 2.04. The van der Waals surface area contributed by atoms with Gasteiger partial charge in [0.25, 0.3) is 0 Å². The average Bonchev–Trinajstić information content (AvgIpc) is 3.02. The number of hydrogen-bond donors (Lipinski definition) is 7. The molecule has 0 radical (unpaired) electrons. The summed E-state index contributed by atoms with van der Waals surface area (Å²) in [6.07, 6.45) is 3.73. The Hall–Kier alpha value is -3.69. The highest BCUT2D eigenvalue weighted by molar-refractivity contribution is 7.80. The number of aldehydes is 2. The molecule has 0 saturated carbocycles. The molecule has 0 spiro atoms. The number of rotatable bonds is 32. The molecule has 0 bridgehead atoms. The summed E-state index contributed by atoms with van der Waals surface area (Å²) in [6.45, 7) is -1.17. The first-order valence-corrected chi connectivity index (χ1v) is 16.5. The van der Waals surface area contributed by atoms with Crippen molar-refractivity contribution >= 4 is 60.8 Å². The van der Waals surface area contributed by atoms with Gasteiger partial charge in [-0.15, -0.1) is 0 Å². The zero-order valence-corrected chi connectivity index (χ0v) is 28.8. The van der Waals surface area contributed by atoms with Gasteiger partial charge in [-0.05, 0) is 18.6 Å². The number of nitrogens with zero attached hydrogens (tertiary/aromatic N) is 5. The topological polar surface area (TPSA) is 264 Å². The van der Waals surface area contributed by atoms with Gasteiger partial charge in [0.05, 0.1) is 45.8 Å². The van der Waals surface area contributed by atoms with Gasteiger partial charge in [-0.25, -0.2) is 0 Å². The molecule has 0 atom stereocenters. The lowest BCUT2D eigenvalue weighted by Gasteiger charge is -2.26. The monoisotopic (exact) mass is 720 g/mol. The smallest absolute Gasteiger partial charge is 0.317 e. The zero-order chi connectivity index (χ0) is 37.0. The number of carbonyl (C=O) groups excluding carboxylic acids is 5. The number of aliphatic carboxylic acids is 3. The van der Waals surface area contributed by atoms with Crippen LogP contribution in [0.4, 0.5) is 0 Å². The third kappa shape index (κ3) is 25.0. The van der Waals surface area contributed by atoms with Crippen LogP contribution < -0.4 is 16.4 Å². The zero-order valence-electron chi connectivity index (χ0n) is 27.9. The van der Waals surface area contributed by atoms with E-state index in [1.54, 1.807) is 0 Å². The van der Waals surface area contributed by atoms with Crippen LogP contribution in [0.15, 0.2) is 0 Å². The molecule has 49 heavy (non-hydrogen) atoms. The Bertz CT molecular complexity index is 1050. The maximum absolute atomic E-state index is 13.0. The van der Waals surface area contributed by atoms with Crippen molar-refractivity contribution in [2.75, 3.05) is 111 Å². The van der Waals surface area contributed by atoms with Crippen molar-refractivity contribution in [1.29, 1.82) is 0 Å². The summed E-state index contributed by atoms with van der Waals surface area (Å²) < 4.78 is 0. The van der Waals surface area contributed by atoms with Crippen molar-refractivity contribution in [2.24, 2.45) is 5.73 Å². The van der Waals surface area contributed by atoms with E-state index in [0.717, 1.165) is 12.8 Å². The predicted octanol–water partition coefficient (Wildman–Crippen LogP) is -3.69. The van der Waals surface area contributed by atoms with E-state index in [9.17, 15) is 48.6 Å². The van der Waals surface area contributed by atoms with Crippen LogP contribution in [0.5, 0.6) is 0 Å². The van der Waals surface area contributed by atoms with Gasteiger partial charge in [-0.2, -0.15) is 12.6 Å². The molecular weight excluding hydrogens is 668 g/mol. The molecule has 0 rings (SSSR count). The van der Waals surface area contributed by atoms with E-state index < -0.39 is 42.8 Å². The number of hydrogen-bond acceptors (Lipinski definition) is 14. The summed E-state index contributed by atoms with van der Waals surface area (Å²) in [4.78, 5) is 101. The first-order valence-electron chi connectivity index (χ1n) is 15.9. The number of thiol groups is 1. The van der Waals surface area contributed by atoms with Gasteiger partial charge in [0.1, 0.15) is 12.6 Å². The van der Waals surface area contributed by atoms with Crippen LogP contribution in [0, 0.1) is 0 Å². The van der Waals surface area contributed by atoms with E-state index >= 15 is 0 Å². The van der Waals surface area contributed by atoms with Gasteiger partial charge >= 0.3 is 17.9 Å². The highest BCUT2D eigenvalue weighted by atomic mass is 32.1. The Morgan fingerprint density at radius 2 is 1.02 bits per heavy atom. The third-order valence-corrected chi connectivity index (χ3v) is 7.33. The van der Waals surface area contributed by atoms with Crippen LogP contribution in [0.25, 0.3) is 0 Å². The number of carboxylic acid groups (broad SMARTS) is 3. The molecule has 7 N–H and O–H groups in total. The minimum Gasteiger partial charge on any atom is -0.480 e. The fraction of sp³-hybridized carbons (Fsp3) is 0.724. The molecule has 0 aromatic carbocycles. The molecule has 0 aromatic heterocycles. The third-order valence-electron chi connectivity index (χ3n) is 7.01. The van der Waals surface area contributed by atoms with E-state index in [1.807, 2.05) is 0 Å². The fourth-order valence-corrected chi connectivity index (χ4v) is 4.76. The van der Waals surface area contributed by atoms with E-state index in [0.29, 0.717) is 24.7 Å². The van der Waals surface area contributed by atoms with Gasteiger partial charge in [0.15, 0.2) is 0 Å². The summed E-state index contributed by atoms with van der Waals surface area (Å²) in [7, 11) is 0. The molecule has 280 valence electrons. The maximum Gasteiger partial charge on any atom is 0.317 e. The fourth-order valence-electron chi connectivity index (χ4n) is 4.53. The molecule has 0 aliphatic rings. The SMILES string of the molecule is NCN(CCN(CC(=O)O)CC(=O)NCCN(CCNC(=O)CN(CCN(CC=O)CC=O)CC(=O)O)C(=O)CCCCCS)CC(=O)O. The van der Waals surface area contributed by atoms with Gasteiger partial charge in [-0.3, -0.25) is 48.4 Å². The largest absolute Gasteiger partial charge is 0.480 e. The molecule has 0 aromatic rings. The standard InChI is InChI=1S/C29H52N8O11S/c30-23-36(22-29(47)48)12-11-35(21-28(45)46)19-25(41)32-6-8-37(26(42)4-2-1-3-17-49)7-5-31-24(40)18-34(20-27(43)44)10-9-33(13-15-38)14-16-39/h15-16,49H,1-14,17-23,30H2,(H,31,40)(H,32,41)(H,43,44)(H,45,46)(H,47,48). The van der Waals surface area contributed by atoms with Gasteiger partial charge in [0, 0.05) is 65.4 Å². The second-order valence-corrected chi connectivity index (χ2v) is 11.5. The van der Waals surface area contributed by atoms with Crippen molar-refractivity contribution in [2.45, 2.75) is 25.7 Å². The molecule has 0 aliphatic carbocycles. The second kappa shape index (κ2) is 28.2. The van der Waals surface area contributed by atoms with E-state index in [-0.39, 0.29) is 104 Å². The molecule has 0 unspecified atom stereocenters. The highest BCUT2D eigenvalue weighted by Gasteiger charge is 2.19. The Balaban J connectivity index is 5.18. The lowest BCUT2D eigenvalue weighted by Crippen LogP contribution is -2.47. The number of nitrogens with one attached hydrogen (secondary N) is 2. The molecule has 3 amide bonds. The van der Waals surface area contributed by atoms with Crippen LogP contribution in [-0.2, 0) is 38.4 Å². The van der Waals surface area contributed by atoms with Crippen molar-refractivity contribution in [3.63, 3.8) is 0 Å². The molecule has 19 nitrogen and oxygen atoms in total. The predicted molar refractivity (Wildman–Crippen MR) is 180 cm³/mol. The normalized spacial score (nSPS) is 11.1. The van der Waals surface area contributed by atoms with Gasteiger partial charge < -0.3 is 46.2 Å². The van der Waals surface area contributed by atoms with E-state index in [2.05, 4.69) is 23.3 Å². The maximum atomic E-state index is 13.0. The van der Waals surface area contributed by atoms with E-state index in [1.165, 1.54) is 24.5 Å². The lowest BCUT2D eigenvalue weighted by atomic mass is 10.2. The Morgan fingerprint density at radius 1 is 0.592 bits per heavy atom. The van der Waals surface area contributed by atoms with Crippen LogP contribution >= 0.6 is 12.6 Å². The first kappa shape index (κ1) is 45.3. The number of nitrogens with two attached hydrogens (primary N) is 1. The molecule has 0 saturated heterocycles. The molecule has 20 heteroatoms. The van der Waals surface area contributed by atoms with Crippen molar-refractivity contribution in [3.8, 4) is 0 Å². The van der Waals surface area contributed by atoms with Crippen molar-refractivity contribution < 1.29 is 53.7 Å². The van der Waals surface area contributed by atoms with Gasteiger partial charge in [0.2, 0.25) is 17.7 Å². The Kier molecular flexibility index (Phi) is 26.1. The first-order chi connectivity index (χ1) is 23.3. The van der Waals surface area contributed by atoms with Crippen molar-refractivity contribution in [1.82, 2.24) is 35.1 Å². The summed E-state index contributed by atoms with van der Waals surface area (Å²) in [5, 5.41) is 32.8. The Labute approximate surface area is 291 Å². The quantitative estimate of drug-likeness (QED) is 0.0153. The second-order valence-electron chi connectivity index (χ2n) is 11.0. The van der Waals surface area contributed by atoms with Crippen molar-refractivity contribution in [3.05, 3.63) is 0 Å². The molecule has 0 heterocycles. The molecule has 0 aliphatic heterocycles. The van der Waals surface area contributed by atoms with Crippen LogP contribution in [-0.4, -0.2) is 199 Å². The van der Waals surface area contributed by atoms with Crippen LogP contribution in [0.2, 0.25) is 0 Å². The average molecular weight is 721 g/mol. The molecular formula is C29H52N8O11S. The number of unbranched alkanes of at least 4 members (excludes halogenated alkanes) is 2. The minimum absolute atomic E-state index is 0.0203.